The maximum Gasteiger partial charge on any atom is 0.490 e. The lowest BCUT2D eigenvalue weighted by Gasteiger charge is -2.19. The van der Waals surface area contributed by atoms with Crippen molar-refractivity contribution in [2.75, 3.05) is 16.8 Å². The number of benzene rings is 1. The van der Waals surface area contributed by atoms with E-state index in [1.165, 1.54) is 22.3 Å². The fourth-order valence-corrected chi connectivity index (χ4v) is 3.88. The lowest BCUT2D eigenvalue weighted by molar-refractivity contribution is -0.192. The summed E-state index contributed by atoms with van der Waals surface area (Å²) in [5.41, 5.74) is 8.89. The first kappa shape index (κ1) is 25.9. The van der Waals surface area contributed by atoms with Gasteiger partial charge in [-0.05, 0) is 52.2 Å². The molecule has 0 bridgehead atoms. The summed E-state index contributed by atoms with van der Waals surface area (Å²) in [6.07, 6.45) is -0.462. The summed E-state index contributed by atoms with van der Waals surface area (Å²) in [5.74, 6) is -1.11. The Hall–Kier alpha value is -3.76. The van der Waals surface area contributed by atoms with Crippen molar-refractivity contribution < 1.29 is 23.1 Å². The highest BCUT2D eigenvalue weighted by atomic mass is 19.4. The second-order valence-corrected chi connectivity index (χ2v) is 8.46. The summed E-state index contributed by atoms with van der Waals surface area (Å²) in [6, 6.07) is 4.36. The second-order valence-electron chi connectivity index (χ2n) is 8.46. The quantitative estimate of drug-likeness (QED) is 0.542. The minimum absolute atomic E-state index is 0.646. The van der Waals surface area contributed by atoms with Crippen molar-refractivity contribution in [2.45, 2.75) is 53.8 Å². The van der Waals surface area contributed by atoms with Crippen LogP contribution in [0.2, 0.25) is 0 Å². The molecule has 8 nitrogen and oxygen atoms in total. The monoisotopic (exact) mass is 488 g/mol. The molecule has 0 unspecified atom stereocenters. The van der Waals surface area contributed by atoms with Crippen molar-refractivity contribution in [3.05, 3.63) is 63.9 Å². The first-order valence-corrected chi connectivity index (χ1v) is 10.9. The van der Waals surface area contributed by atoms with Crippen molar-refractivity contribution in [3.63, 3.8) is 0 Å². The zero-order valence-electron chi connectivity index (χ0n) is 20.2. The molecule has 35 heavy (non-hydrogen) atoms. The van der Waals surface area contributed by atoms with E-state index in [1.54, 1.807) is 0 Å². The normalized spacial score (nSPS) is 12.6. The highest BCUT2D eigenvalue weighted by molar-refractivity contribution is 5.73. The van der Waals surface area contributed by atoms with Gasteiger partial charge in [0.05, 0.1) is 24.1 Å². The minimum Gasteiger partial charge on any atom is -0.475 e. The fraction of sp³-hybridized carbons (Fsp3) is 0.375. The molecule has 4 rings (SSSR count). The van der Waals surface area contributed by atoms with Crippen LogP contribution in [0, 0.1) is 34.6 Å². The van der Waals surface area contributed by atoms with Crippen molar-refractivity contribution >= 4 is 23.4 Å². The van der Waals surface area contributed by atoms with E-state index < -0.39 is 12.1 Å². The molecule has 0 saturated carbocycles. The maximum absolute atomic E-state index is 10.6. The van der Waals surface area contributed by atoms with Crippen LogP contribution in [0.15, 0.2) is 24.5 Å². The van der Waals surface area contributed by atoms with Gasteiger partial charge < -0.3 is 15.3 Å². The molecule has 0 aliphatic carbocycles. The minimum atomic E-state index is -5.08. The number of halogens is 3. The number of aliphatic carboxylic acids is 1. The molecular formula is C24H27F3N6O2. The standard InChI is InChI=1S/C22H26N6.C2HF3O2/c1-13-8-14(2)20(15(3)9-13)26-22-25-17(5)19-6-7-28(21(19)27-22)12-18-11-23-16(4)10-24-18;3-2(4,5)1(6)7/h8-11H,6-7,12H2,1-5H3,(H,25,26,27);(H,6,7). The van der Waals surface area contributed by atoms with Gasteiger partial charge in [0.15, 0.2) is 0 Å². The highest BCUT2D eigenvalue weighted by Crippen LogP contribution is 2.32. The van der Waals surface area contributed by atoms with Crippen molar-refractivity contribution in [3.8, 4) is 0 Å². The summed E-state index contributed by atoms with van der Waals surface area (Å²) < 4.78 is 31.7. The summed E-state index contributed by atoms with van der Waals surface area (Å²) in [6.45, 7) is 12.0. The Morgan fingerprint density at radius 2 is 1.69 bits per heavy atom. The molecule has 11 heteroatoms. The second kappa shape index (κ2) is 10.2. The van der Waals surface area contributed by atoms with Gasteiger partial charge in [0.2, 0.25) is 5.95 Å². The molecule has 2 N–H and O–H groups in total. The maximum atomic E-state index is 10.6. The Bertz CT molecular complexity index is 1210. The number of hydrogen-bond donors (Lipinski definition) is 2. The summed E-state index contributed by atoms with van der Waals surface area (Å²) in [5, 5.41) is 10.6. The Labute approximate surface area is 201 Å². The number of alkyl halides is 3. The molecule has 2 aromatic heterocycles. The van der Waals surface area contributed by atoms with Crippen molar-refractivity contribution in [1.29, 1.82) is 0 Å². The third-order valence-electron chi connectivity index (χ3n) is 5.47. The van der Waals surface area contributed by atoms with Crippen LogP contribution in [0.3, 0.4) is 0 Å². The first-order chi connectivity index (χ1) is 16.3. The fourth-order valence-electron chi connectivity index (χ4n) is 3.88. The van der Waals surface area contributed by atoms with E-state index in [2.05, 4.69) is 60.0 Å². The van der Waals surface area contributed by atoms with Crippen LogP contribution >= 0.6 is 0 Å². The van der Waals surface area contributed by atoms with E-state index in [0.29, 0.717) is 12.5 Å². The molecule has 0 atom stereocenters. The molecular weight excluding hydrogens is 461 g/mol. The predicted octanol–water partition coefficient (Wildman–Crippen LogP) is 4.75. The number of carbonyl (C=O) groups is 1. The average Bonchev–Trinajstić information content (AvgIpc) is 3.15. The number of aromatic nitrogens is 4. The van der Waals surface area contributed by atoms with Crippen molar-refractivity contribution in [1.82, 2.24) is 19.9 Å². The smallest absolute Gasteiger partial charge is 0.475 e. The summed E-state index contributed by atoms with van der Waals surface area (Å²) in [7, 11) is 0. The molecule has 0 spiro atoms. The number of aryl methyl sites for hydroxylation is 5. The van der Waals surface area contributed by atoms with Crippen LogP contribution in [0.1, 0.15) is 39.3 Å². The summed E-state index contributed by atoms with van der Waals surface area (Å²) in [4.78, 5) is 29.6. The van der Waals surface area contributed by atoms with E-state index in [4.69, 9.17) is 19.9 Å². The molecule has 3 aromatic rings. The number of nitrogens with zero attached hydrogens (tertiary/aromatic N) is 5. The number of carboxylic acid groups (broad SMARTS) is 1. The molecule has 1 aliphatic rings. The van der Waals surface area contributed by atoms with Crippen LogP contribution in [0.5, 0.6) is 0 Å². The third-order valence-corrected chi connectivity index (χ3v) is 5.47. The van der Waals surface area contributed by atoms with E-state index >= 15 is 0 Å². The number of rotatable bonds is 4. The van der Waals surface area contributed by atoms with E-state index in [1.807, 2.05) is 19.3 Å². The predicted molar refractivity (Wildman–Crippen MR) is 126 cm³/mol. The van der Waals surface area contributed by atoms with E-state index in [-0.39, 0.29) is 0 Å². The van der Waals surface area contributed by atoms with Crippen LogP contribution in [-0.2, 0) is 17.8 Å². The van der Waals surface area contributed by atoms with Gasteiger partial charge in [-0.3, -0.25) is 9.97 Å². The van der Waals surface area contributed by atoms with Gasteiger partial charge in [0, 0.05) is 29.7 Å². The molecule has 1 aliphatic heterocycles. The Morgan fingerprint density at radius 1 is 1.06 bits per heavy atom. The van der Waals surface area contributed by atoms with Crippen LogP contribution < -0.4 is 10.2 Å². The largest absolute Gasteiger partial charge is 0.490 e. The molecule has 0 radical (unpaired) electrons. The average molecular weight is 489 g/mol. The summed E-state index contributed by atoms with van der Waals surface area (Å²) >= 11 is 0. The van der Waals surface area contributed by atoms with Gasteiger partial charge in [-0.2, -0.15) is 18.2 Å². The molecule has 0 amide bonds. The number of anilines is 3. The molecule has 3 heterocycles. The van der Waals surface area contributed by atoms with E-state index in [0.717, 1.165) is 41.6 Å². The van der Waals surface area contributed by atoms with Gasteiger partial charge in [-0.25, -0.2) is 9.78 Å². The lowest BCUT2D eigenvalue weighted by Crippen LogP contribution is -2.21. The third kappa shape index (κ3) is 6.43. The van der Waals surface area contributed by atoms with Gasteiger partial charge >= 0.3 is 12.1 Å². The lowest BCUT2D eigenvalue weighted by atomic mass is 10.1. The Kier molecular flexibility index (Phi) is 7.57. The van der Waals surface area contributed by atoms with Gasteiger partial charge in [0.25, 0.3) is 0 Å². The molecule has 186 valence electrons. The Morgan fingerprint density at radius 3 is 2.23 bits per heavy atom. The van der Waals surface area contributed by atoms with Gasteiger partial charge in [-0.1, -0.05) is 17.7 Å². The van der Waals surface area contributed by atoms with Gasteiger partial charge in [0.1, 0.15) is 5.82 Å². The number of fused-ring (bicyclic) bond motifs is 1. The zero-order chi connectivity index (χ0) is 25.9. The number of carboxylic acids is 1. The molecule has 0 fully saturated rings. The SMILES string of the molecule is Cc1cc(C)c(Nc2nc(C)c3c(n2)N(Cc2cnc(C)cn2)CC3)c(C)c1.O=C(O)C(F)(F)F. The number of nitrogens with one attached hydrogen (secondary N) is 1. The zero-order valence-corrected chi connectivity index (χ0v) is 20.2. The molecule has 1 aromatic carbocycles. The van der Waals surface area contributed by atoms with E-state index in [9.17, 15) is 13.2 Å². The van der Waals surface area contributed by atoms with Gasteiger partial charge in [-0.15, -0.1) is 0 Å². The van der Waals surface area contributed by atoms with Crippen LogP contribution in [0.25, 0.3) is 0 Å². The highest BCUT2D eigenvalue weighted by Gasteiger charge is 2.38. The Balaban J connectivity index is 0.000000429. The number of hydrogen-bond acceptors (Lipinski definition) is 7. The van der Waals surface area contributed by atoms with Crippen LogP contribution in [0.4, 0.5) is 30.6 Å². The molecule has 0 saturated heterocycles. The first-order valence-electron chi connectivity index (χ1n) is 10.9. The van der Waals surface area contributed by atoms with Crippen LogP contribution in [-0.4, -0.2) is 43.7 Å². The van der Waals surface area contributed by atoms with Crippen molar-refractivity contribution in [2.24, 2.45) is 0 Å². The topological polar surface area (TPSA) is 104 Å².